The van der Waals surface area contributed by atoms with E-state index in [1.165, 1.54) is 0 Å². The molecule has 0 aliphatic heterocycles. The zero-order chi connectivity index (χ0) is 11.5. The quantitative estimate of drug-likeness (QED) is 0.912. The molecule has 0 aliphatic carbocycles. The summed E-state index contributed by atoms with van der Waals surface area (Å²) >= 11 is 12.1. The van der Waals surface area contributed by atoms with Crippen molar-refractivity contribution in [2.45, 2.75) is 12.8 Å². The fourth-order valence-corrected chi connectivity index (χ4v) is 2.38. The Morgan fingerprint density at radius 2 is 2.06 bits per heavy atom. The maximum atomic E-state index is 6.19. The predicted molar refractivity (Wildman–Crippen MR) is 69.1 cm³/mol. The summed E-state index contributed by atoms with van der Waals surface area (Å²) in [4.78, 5) is 4.35. The summed E-state index contributed by atoms with van der Waals surface area (Å²) < 4.78 is 0. The summed E-state index contributed by atoms with van der Waals surface area (Å²) in [7, 11) is 0. The third-order valence-electron chi connectivity index (χ3n) is 2.48. The third-order valence-corrected chi connectivity index (χ3v) is 2.99. The Hall–Kier alpha value is -0.830. The van der Waals surface area contributed by atoms with E-state index >= 15 is 0 Å². The van der Waals surface area contributed by atoms with Crippen LogP contribution in [-0.2, 0) is 6.42 Å². The molecule has 2 rings (SSSR count). The van der Waals surface area contributed by atoms with Gasteiger partial charge in [-0.1, -0.05) is 23.2 Å². The number of nitrogens with two attached hydrogens (primary N) is 1. The third kappa shape index (κ3) is 2.29. The molecule has 0 saturated heterocycles. The van der Waals surface area contributed by atoms with Gasteiger partial charge in [-0.25, -0.2) is 0 Å². The average Bonchev–Trinajstić information content (AvgIpc) is 2.25. The second-order valence-electron chi connectivity index (χ2n) is 3.64. The van der Waals surface area contributed by atoms with Gasteiger partial charge in [0.1, 0.15) is 0 Å². The molecule has 1 aromatic carbocycles. The molecule has 1 aromatic heterocycles. The highest BCUT2D eigenvalue weighted by Crippen LogP contribution is 2.29. The van der Waals surface area contributed by atoms with Crippen LogP contribution in [0.15, 0.2) is 24.4 Å². The van der Waals surface area contributed by atoms with Crippen LogP contribution in [0.2, 0.25) is 10.0 Å². The second kappa shape index (κ2) is 5.00. The predicted octanol–water partition coefficient (Wildman–Crippen LogP) is 3.43. The first-order valence-electron chi connectivity index (χ1n) is 5.15. The molecule has 0 bridgehead atoms. The van der Waals surface area contributed by atoms with Crippen LogP contribution >= 0.6 is 23.2 Å². The number of rotatable bonds is 3. The van der Waals surface area contributed by atoms with Crippen LogP contribution in [0.4, 0.5) is 0 Å². The van der Waals surface area contributed by atoms with Gasteiger partial charge in [-0.3, -0.25) is 4.98 Å². The van der Waals surface area contributed by atoms with Gasteiger partial charge >= 0.3 is 0 Å². The summed E-state index contributed by atoms with van der Waals surface area (Å²) in [6.07, 6.45) is 3.53. The van der Waals surface area contributed by atoms with Crippen molar-refractivity contribution < 1.29 is 0 Å². The number of halogens is 2. The van der Waals surface area contributed by atoms with Gasteiger partial charge < -0.3 is 5.73 Å². The molecular formula is C12H12Cl2N2. The average molecular weight is 255 g/mol. The molecule has 0 radical (unpaired) electrons. The number of fused-ring (bicyclic) bond motifs is 1. The van der Waals surface area contributed by atoms with E-state index in [1.54, 1.807) is 12.3 Å². The minimum atomic E-state index is 0.647. The molecule has 2 N–H and O–H groups in total. The molecule has 1 heterocycles. The summed E-state index contributed by atoms with van der Waals surface area (Å²) in [6, 6.07) is 5.56. The van der Waals surface area contributed by atoms with Crippen LogP contribution in [0.25, 0.3) is 10.8 Å². The zero-order valence-corrected chi connectivity index (χ0v) is 10.2. The fourth-order valence-electron chi connectivity index (χ4n) is 1.76. The maximum absolute atomic E-state index is 6.19. The van der Waals surface area contributed by atoms with Crippen molar-refractivity contribution in [3.05, 3.63) is 40.1 Å². The number of benzene rings is 1. The van der Waals surface area contributed by atoms with Crippen LogP contribution in [-0.4, -0.2) is 11.5 Å². The van der Waals surface area contributed by atoms with Crippen LogP contribution in [0.5, 0.6) is 0 Å². The highest BCUT2D eigenvalue weighted by molar-refractivity contribution is 6.38. The number of aromatic nitrogens is 1. The molecule has 0 amide bonds. The summed E-state index contributed by atoms with van der Waals surface area (Å²) in [5.74, 6) is 0. The van der Waals surface area contributed by atoms with Crippen molar-refractivity contribution in [2.24, 2.45) is 5.73 Å². The first-order valence-corrected chi connectivity index (χ1v) is 5.90. The second-order valence-corrected chi connectivity index (χ2v) is 4.48. The van der Waals surface area contributed by atoms with Crippen LogP contribution < -0.4 is 5.73 Å². The fraction of sp³-hybridized carbons (Fsp3) is 0.250. The first-order chi connectivity index (χ1) is 7.72. The number of hydrogen-bond donors (Lipinski definition) is 1. The lowest BCUT2D eigenvalue weighted by Gasteiger charge is -2.07. The van der Waals surface area contributed by atoms with Crippen molar-refractivity contribution >= 4 is 34.0 Å². The van der Waals surface area contributed by atoms with Gasteiger partial charge in [0.2, 0.25) is 0 Å². The Morgan fingerprint density at radius 3 is 2.81 bits per heavy atom. The minimum absolute atomic E-state index is 0.647. The van der Waals surface area contributed by atoms with Gasteiger partial charge in [0.25, 0.3) is 0 Å². The molecule has 0 atom stereocenters. The summed E-state index contributed by atoms with van der Waals surface area (Å²) in [5.41, 5.74) is 6.49. The molecule has 0 unspecified atom stereocenters. The van der Waals surface area contributed by atoms with E-state index in [0.29, 0.717) is 16.6 Å². The van der Waals surface area contributed by atoms with E-state index in [9.17, 15) is 0 Å². The Kier molecular flexibility index (Phi) is 3.64. The van der Waals surface area contributed by atoms with Gasteiger partial charge in [-0.2, -0.15) is 0 Å². The van der Waals surface area contributed by atoms with Gasteiger partial charge in [-0.15, -0.1) is 0 Å². The van der Waals surface area contributed by atoms with E-state index < -0.39 is 0 Å². The van der Waals surface area contributed by atoms with Crippen molar-refractivity contribution in [1.29, 1.82) is 0 Å². The van der Waals surface area contributed by atoms with Crippen LogP contribution in [0.3, 0.4) is 0 Å². The molecule has 0 saturated carbocycles. The lowest BCUT2D eigenvalue weighted by atomic mass is 10.1. The van der Waals surface area contributed by atoms with E-state index in [-0.39, 0.29) is 0 Å². The van der Waals surface area contributed by atoms with Gasteiger partial charge in [0.05, 0.1) is 5.02 Å². The van der Waals surface area contributed by atoms with E-state index in [1.807, 2.05) is 12.1 Å². The Bertz CT molecular complexity index is 512. The van der Waals surface area contributed by atoms with Crippen molar-refractivity contribution in [3.8, 4) is 0 Å². The zero-order valence-electron chi connectivity index (χ0n) is 8.71. The molecular weight excluding hydrogens is 243 g/mol. The highest BCUT2D eigenvalue weighted by Gasteiger charge is 2.07. The van der Waals surface area contributed by atoms with Gasteiger partial charge in [0, 0.05) is 22.3 Å². The summed E-state index contributed by atoms with van der Waals surface area (Å²) in [5, 5.41) is 3.32. The Balaban J connectivity index is 2.57. The first kappa shape index (κ1) is 11.6. The number of nitrogens with zero attached hydrogens (tertiary/aromatic N) is 1. The minimum Gasteiger partial charge on any atom is -0.330 e. The number of hydrogen-bond acceptors (Lipinski definition) is 2. The van der Waals surface area contributed by atoms with Gasteiger partial charge in [-0.05, 0) is 43.0 Å². The monoisotopic (exact) mass is 254 g/mol. The van der Waals surface area contributed by atoms with Crippen molar-refractivity contribution in [3.63, 3.8) is 0 Å². The largest absolute Gasteiger partial charge is 0.330 e. The van der Waals surface area contributed by atoms with Gasteiger partial charge in [0.15, 0.2) is 0 Å². The molecule has 16 heavy (non-hydrogen) atoms. The summed E-state index contributed by atoms with van der Waals surface area (Å²) in [6.45, 7) is 0.656. The number of aryl methyl sites for hydroxylation is 1. The Morgan fingerprint density at radius 1 is 1.25 bits per heavy atom. The van der Waals surface area contributed by atoms with E-state index in [0.717, 1.165) is 29.3 Å². The highest BCUT2D eigenvalue weighted by atomic mass is 35.5. The van der Waals surface area contributed by atoms with Crippen LogP contribution in [0.1, 0.15) is 12.1 Å². The van der Waals surface area contributed by atoms with E-state index in [4.69, 9.17) is 28.9 Å². The van der Waals surface area contributed by atoms with Crippen LogP contribution in [0, 0.1) is 0 Å². The molecule has 84 valence electrons. The molecule has 2 nitrogen and oxygen atoms in total. The number of pyridine rings is 1. The topological polar surface area (TPSA) is 38.9 Å². The Labute approximate surface area is 104 Å². The maximum Gasteiger partial charge on any atom is 0.0517 e. The normalized spacial score (nSPS) is 10.9. The molecule has 0 aliphatic rings. The van der Waals surface area contributed by atoms with Crippen molar-refractivity contribution in [1.82, 2.24) is 4.98 Å². The van der Waals surface area contributed by atoms with E-state index in [2.05, 4.69) is 4.98 Å². The molecule has 0 spiro atoms. The standard InChI is InChI=1S/C12H12Cl2N2/c13-9-6-8-3-5-16-11(2-1-4-15)12(8)10(14)7-9/h3,5-7H,1-2,4,15H2. The SMILES string of the molecule is NCCCc1nccc2cc(Cl)cc(Cl)c12. The lowest BCUT2D eigenvalue weighted by Crippen LogP contribution is -2.02. The van der Waals surface area contributed by atoms with Crippen molar-refractivity contribution in [2.75, 3.05) is 6.54 Å². The lowest BCUT2D eigenvalue weighted by molar-refractivity contribution is 0.817. The smallest absolute Gasteiger partial charge is 0.0517 e. The molecule has 0 fully saturated rings. The molecule has 2 aromatic rings. The molecule has 4 heteroatoms.